The standard InChI is InChI=1S/C15H26ClN3O/c1-3-17-14(10-12-6-4-5-7-12)15-13(16)11-18-19(15)8-9-20-2/h11-12,14,17H,3-10H2,1-2H3. The highest BCUT2D eigenvalue weighted by Crippen LogP contribution is 2.35. The van der Waals surface area contributed by atoms with Crippen LogP contribution in [0.15, 0.2) is 6.20 Å². The Kier molecular flexibility index (Phi) is 6.33. The number of aromatic nitrogens is 2. The molecule has 4 nitrogen and oxygen atoms in total. The first-order chi connectivity index (χ1) is 9.76. The maximum atomic E-state index is 6.38. The zero-order valence-electron chi connectivity index (χ0n) is 12.6. The highest BCUT2D eigenvalue weighted by atomic mass is 35.5. The number of nitrogens with zero attached hydrogens (tertiary/aromatic N) is 2. The van der Waals surface area contributed by atoms with Crippen molar-refractivity contribution in [2.75, 3.05) is 20.3 Å². The van der Waals surface area contributed by atoms with E-state index in [4.69, 9.17) is 16.3 Å². The minimum absolute atomic E-state index is 0.301. The van der Waals surface area contributed by atoms with Crippen molar-refractivity contribution >= 4 is 11.6 Å². The molecule has 0 aromatic carbocycles. The summed E-state index contributed by atoms with van der Waals surface area (Å²) < 4.78 is 7.15. The fourth-order valence-electron chi connectivity index (χ4n) is 3.19. The van der Waals surface area contributed by atoms with Crippen molar-refractivity contribution in [3.63, 3.8) is 0 Å². The zero-order valence-corrected chi connectivity index (χ0v) is 13.3. The predicted molar refractivity (Wildman–Crippen MR) is 82.1 cm³/mol. The molecule has 1 atom stereocenters. The van der Waals surface area contributed by atoms with E-state index < -0.39 is 0 Å². The molecule has 0 spiro atoms. The van der Waals surface area contributed by atoms with Gasteiger partial charge >= 0.3 is 0 Å². The Balaban J connectivity index is 2.11. The van der Waals surface area contributed by atoms with Gasteiger partial charge in [0.2, 0.25) is 0 Å². The van der Waals surface area contributed by atoms with Crippen molar-refractivity contribution in [1.82, 2.24) is 15.1 Å². The van der Waals surface area contributed by atoms with Gasteiger partial charge in [0.15, 0.2) is 0 Å². The molecule has 114 valence electrons. The number of rotatable bonds is 8. The first kappa shape index (κ1) is 15.8. The van der Waals surface area contributed by atoms with E-state index in [0.29, 0.717) is 12.6 Å². The van der Waals surface area contributed by atoms with Gasteiger partial charge in [-0.05, 0) is 18.9 Å². The third-order valence-corrected chi connectivity index (χ3v) is 4.46. The van der Waals surface area contributed by atoms with E-state index in [2.05, 4.69) is 17.3 Å². The van der Waals surface area contributed by atoms with E-state index in [9.17, 15) is 0 Å². The summed E-state index contributed by atoms with van der Waals surface area (Å²) in [5.41, 5.74) is 1.12. The zero-order chi connectivity index (χ0) is 14.4. The Hall–Kier alpha value is -0.580. The van der Waals surface area contributed by atoms with Gasteiger partial charge in [-0.2, -0.15) is 5.10 Å². The van der Waals surface area contributed by atoms with Crippen LogP contribution in [0.1, 0.15) is 50.8 Å². The fourth-order valence-corrected chi connectivity index (χ4v) is 3.46. The smallest absolute Gasteiger partial charge is 0.0834 e. The number of halogens is 1. The van der Waals surface area contributed by atoms with Gasteiger partial charge in [0.25, 0.3) is 0 Å². The molecule has 1 saturated carbocycles. The van der Waals surface area contributed by atoms with Crippen molar-refractivity contribution in [2.45, 2.75) is 51.6 Å². The summed E-state index contributed by atoms with van der Waals surface area (Å²) in [5, 5.41) is 8.75. The van der Waals surface area contributed by atoms with Crippen LogP contribution >= 0.6 is 11.6 Å². The molecular weight excluding hydrogens is 274 g/mol. The summed E-state index contributed by atoms with van der Waals surface area (Å²) >= 11 is 6.38. The van der Waals surface area contributed by atoms with Crippen LogP contribution in [0.5, 0.6) is 0 Å². The van der Waals surface area contributed by atoms with E-state index in [0.717, 1.165) is 36.1 Å². The lowest BCUT2D eigenvalue weighted by molar-refractivity contribution is 0.181. The average molecular weight is 300 g/mol. The molecule has 0 aliphatic heterocycles. The summed E-state index contributed by atoms with van der Waals surface area (Å²) in [6.45, 7) is 4.51. The van der Waals surface area contributed by atoms with Gasteiger partial charge < -0.3 is 10.1 Å². The highest BCUT2D eigenvalue weighted by Gasteiger charge is 2.25. The summed E-state index contributed by atoms with van der Waals surface area (Å²) in [5.74, 6) is 0.820. The van der Waals surface area contributed by atoms with Gasteiger partial charge in [0.1, 0.15) is 0 Å². The number of methoxy groups -OCH3 is 1. The quantitative estimate of drug-likeness (QED) is 0.799. The molecule has 20 heavy (non-hydrogen) atoms. The number of nitrogens with one attached hydrogen (secondary N) is 1. The second kappa shape index (κ2) is 8.01. The second-order valence-corrected chi connectivity index (χ2v) is 6.00. The molecule has 1 heterocycles. The molecule has 0 bridgehead atoms. The summed E-state index contributed by atoms with van der Waals surface area (Å²) in [4.78, 5) is 0. The Labute approximate surface area is 126 Å². The molecule has 1 fully saturated rings. The Bertz CT molecular complexity index is 402. The van der Waals surface area contributed by atoms with Crippen molar-refractivity contribution in [3.05, 3.63) is 16.9 Å². The molecule has 0 radical (unpaired) electrons. The van der Waals surface area contributed by atoms with Crippen LogP contribution in [0.2, 0.25) is 5.02 Å². The van der Waals surface area contributed by atoms with E-state index in [-0.39, 0.29) is 0 Å². The van der Waals surface area contributed by atoms with Crippen LogP contribution in [-0.4, -0.2) is 30.0 Å². The molecule has 1 aromatic rings. The van der Waals surface area contributed by atoms with E-state index >= 15 is 0 Å². The highest BCUT2D eigenvalue weighted by molar-refractivity contribution is 6.31. The molecule has 0 saturated heterocycles. The van der Waals surface area contributed by atoms with Crippen LogP contribution in [0.4, 0.5) is 0 Å². The lowest BCUT2D eigenvalue weighted by atomic mass is 9.96. The lowest BCUT2D eigenvalue weighted by Crippen LogP contribution is -2.26. The van der Waals surface area contributed by atoms with Gasteiger partial charge in [0, 0.05) is 7.11 Å². The minimum atomic E-state index is 0.301. The Morgan fingerprint density at radius 1 is 1.50 bits per heavy atom. The lowest BCUT2D eigenvalue weighted by Gasteiger charge is -2.23. The van der Waals surface area contributed by atoms with Crippen LogP contribution in [0.25, 0.3) is 0 Å². The molecule has 1 aliphatic rings. The molecular formula is C15H26ClN3O. The van der Waals surface area contributed by atoms with Gasteiger partial charge in [-0.25, -0.2) is 0 Å². The first-order valence-electron chi connectivity index (χ1n) is 7.69. The van der Waals surface area contributed by atoms with E-state index in [1.165, 1.54) is 25.7 Å². The van der Waals surface area contributed by atoms with Crippen LogP contribution < -0.4 is 5.32 Å². The molecule has 1 aliphatic carbocycles. The normalized spacial score (nSPS) is 17.8. The monoisotopic (exact) mass is 299 g/mol. The van der Waals surface area contributed by atoms with Gasteiger partial charge in [0.05, 0.1) is 36.1 Å². The van der Waals surface area contributed by atoms with E-state index in [1.54, 1.807) is 13.3 Å². The van der Waals surface area contributed by atoms with Crippen LogP contribution in [-0.2, 0) is 11.3 Å². The van der Waals surface area contributed by atoms with Gasteiger partial charge in [-0.3, -0.25) is 4.68 Å². The summed E-state index contributed by atoms with van der Waals surface area (Å²) in [6.07, 6.45) is 8.37. The predicted octanol–water partition coefficient (Wildman–Crippen LogP) is 3.41. The van der Waals surface area contributed by atoms with Crippen molar-refractivity contribution in [3.8, 4) is 0 Å². The van der Waals surface area contributed by atoms with Crippen LogP contribution in [0.3, 0.4) is 0 Å². The van der Waals surface area contributed by atoms with Crippen molar-refractivity contribution < 1.29 is 4.74 Å². The minimum Gasteiger partial charge on any atom is -0.383 e. The SMILES string of the molecule is CCNC(CC1CCCC1)c1c(Cl)cnn1CCOC. The van der Waals surface area contributed by atoms with Gasteiger partial charge in [-0.1, -0.05) is 44.2 Å². The number of hydrogen-bond acceptors (Lipinski definition) is 3. The largest absolute Gasteiger partial charge is 0.383 e. The summed E-state index contributed by atoms with van der Waals surface area (Å²) in [6, 6.07) is 0.301. The third kappa shape index (κ3) is 3.96. The van der Waals surface area contributed by atoms with Crippen molar-refractivity contribution in [1.29, 1.82) is 0 Å². The Morgan fingerprint density at radius 2 is 2.25 bits per heavy atom. The molecule has 2 rings (SSSR count). The average Bonchev–Trinajstić information content (AvgIpc) is 3.06. The second-order valence-electron chi connectivity index (χ2n) is 5.59. The molecule has 1 N–H and O–H groups in total. The molecule has 1 unspecified atom stereocenters. The maximum Gasteiger partial charge on any atom is 0.0834 e. The summed E-state index contributed by atoms with van der Waals surface area (Å²) in [7, 11) is 1.71. The maximum absolute atomic E-state index is 6.38. The van der Waals surface area contributed by atoms with Gasteiger partial charge in [-0.15, -0.1) is 0 Å². The molecule has 1 aromatic heterocycles. The number of ether oxygens (including phenoxy) is 1. The first-order valence-corrected chi connectivity index (χ1v) is 8.07. The molecule has 0 amide bonds. The topological polar surface area (TPSA) is 39.1 Å². The number of hydrogen-bond donors (Lipinski definition) is 1. The van der Waals surface area contributed by atoms with Crippen LogP contribution in [0, 0.1) is 5.92 Å². The Morgan fingerprint density at radius 3 is 2.90 bits per heavy atom. The fraction of sp³-hybridized carbons (Fsp3) is 0.800. The third-order valence-electron chi connectivity index (χ3n) is 4.16. The van der Waals surface area contributed by atoms with Crippen molar-refractivity contribution in [2.24, 2.45) is 5.92 Å². The molecule has 5 heteroatoms. The van der Waals surface area contributed by atoms with E-state index in [1.807, 2.05) is 4.68 Å².